The number of hydrogen-bond acceptors (Lipinski definition) is 3. The van der Waals surface area contributed by atoms with Gasteiger partial charge in [-0.2, -0.15) is 5.10 Å². The summed E-state index contributed by atoms with van der Waals surface area (Å²) in [6.07, 6.45) is 5.19. The molecule has 0 aliphatic rings. The van der Waals surface area contributed by atoms with Crippen molar-refractivity contribution >= 4 is 29.0 Å². The van der Waals surface area contributed by atoms with Crippen molar-refractivity contribution in [1.82, 2.24) is 20.2 Å². The number of nitrogens with zero attached hydrogens (tertiary/aromatic N) is 2. The molecule has 0 aliphatic heterocycles. The molecule has 2 aromatic heterocycles. The molecule has 6 nitrogen and oxygen atoms in total. The number of aromatic nitrogens is 4. The maximum atomic E-state index is 11.0. The number of aromatic amines is 2. The lowest BCUT2D eigenvalue weighted by Gasteiger charge is -2.02. The van der Waals surface area contributed by atoms with E-state index in [0.29, 0.717) is 5.82 Å². The third-order valence-electron chi connectivity index (χ3n) is 3.94. The van der Waals surface area contributed by atoms with E-state index < -0.39 is 5.97 Å². The predicted molar refractivity (Wildman–Crippen MR) is 96.0 cm³/mol. The Morgan fingerprint density at radius 2 is 1.84 bits per heavy atom. The van der Waals surface area contributed by atoms with Gasteiger partial charge in [0.2, 0.25) is 0 Å². The molecule has 2 heterocycles. The van der Waals surface area contributed by atoms with Crippen LogP contribution < -0.4 is 0 Å². The van der Waals surface area contributed by atoms with Crippen LogP contribution in [0, 0.1) is 0 Å². The van der Waals surface area contributed by atoms with Gasteiger partial charge in [-0.05, 0) is 17.7 Å². The first-order valence-corrected chi connectivity index (χ1v) is 7.71. The van der Waals surface area contributed by atoms with Gasteiger partial charge < -0.3 is 10.1 Å². The number of para-hydroxylation sites is 1. The second-order valence-corrected chi connectivity index (χ2v) is 5.53. The Kier molecular flexibility index (Phi) is 3.63. The van der Waals surface area contributed by atoms with Gasteiger partial charge in [0.05, 0.1) is 17.4 Å². The number of imidazole rings is 1. The zero-order chi connectivity index (χ0) is 17.2. The SMILES string of the molecule is O=C(O)c1cnc(-c2ccccc2C=Cc2n[nH]c3ccccc23)[nH]1. The van der Waals surface area contributed by atoms with E-state index in [1.807, 2.05) is 60.7 Å². The van der Waals surface area contributed by atoms with Gasteiger partial charge in [-0.25, -0.2) is 9.78 Å². The van der Waals surface area contributed by atoms with Gasteiger partial charge in [-0.3, -0.25) is 5.10 Å². The van der Waals surface area contributed by atoms with Crippen molar-refractivity contribution in [3.8, 4) is 11.4 Å². The first-order valence-electron chi connectivity index (χ1n) is 7.71. The molecule has 0 bridgehead atoms. The van der Waals surface area contributed by atoms with Crippen LogP contribution in [0.4, 0.5) is 0 Å². The summed E-state index contributed by atoms with van der Waals surface area (Å²) in [6.45, 7) is 0. The third kappa shape index (κ3) is 2.81. The highest BCUT2D eigenvalue weighted by Crippen LogP contribution is 2.24. The fraction of sp³-hybridized carbons (Fsp3) is 0. The normalized spacial score (nSPS) is 11.4. The van der Waals surface area contributed by atoms with Crippen LogP contribution in [0.5, 0.6) is 0 Å². The second kappa shape index (κ2) is 6.09. The maximum absolute atomic E-state index is 11.0. The lowest BCUT2D eigenvalue weighted by molar-refractivity contribution is 0.0691. The monoisotopic (exact) mass is 330 g/mol. The number of fused-ring (bicyclic) bond motifs is 1. The van der Waals surface area contributed by atoms with E-state index in [2.05, 4.69) is 20.2 Å². The standard InChI is InChI=1S/C19H14N4O2/c24-19(25)17-11-20-18(21-17)13-6-2-1-5-12(13)9-10-16-14-7-3-4-8-15(14)22-23-16/h1-11H,(H,20,21)(H,22,23)(H,24,25). The van der Waals surface area contributed by atoms with Crippen molar-refractivity contribution in [1.29, 1.82) is 0 Å². The van der Waals surface area contributed by atoms with Crippen molar-refractivity contribution in [2.45, 2.75) is 0 Å². The number of rotatable bonds is 4. The second-order valence-electron chi connectivity index (χ2n) is 5.53. The highest BCUT2D eigenvalue weighted by atomic mass is 16.4. The quantitative estimate of drug-likeness (QED) is 0.530. The highest BCUT2D eigenvalue weighted by Gasteiger charge is 2.11. The Bertz CT molecular complexity index is 1090. The minimum absolute atomic E-state index is 0.0621. The average Bonchev–Trinajstić information content (AvgIpc) is 3.28. The summed E-state index contributed by atoms with van der Waals surface area (Å²) in [6, 6.07) is 15.6. The van der Waals surface area contributed by atoms with Crippen LogP contribution in [0.2, 0.25) is 0 Å². The van der Waals surface area contributed by atoms with Gasteiger partial charge in [0.15, 0.2) is 0 Å². The molecule has 0 aliphatic carbocycles. The Hall–Kier alpha value is -3.67. The van der Waals surface area contributed by atoms with Crippen molar-refractivity contribution in [2.24, 2.45) is 0 Å². The molecule has 4 rings (SSSR count). The number of hydrogen-bond donors (Lipinski definition) is 3. The molecule has 25 heavy (non-hydrogen) atoms. The zero-order valence-corrected chi connectivity index (χ0v) is 13.1. The van der Waals surface area contributed by atoms with E-state index in [1.165, 1.54) is 6.20 Å². The molecule has 6 heteroatoms. The van der Waals surface area contributed by atoms with Gasteiger partial charge in [0, 0.05) is 10.9 Å². The number of carbonyl (C=O) groups is 1. The summed E-state index contributed by atoms with van der Waals surface area (Å²) in [4.78, 5) is 18.0. The molecule has 0 unspecified atom stereocenters. The number of carboxylic acid groups (broad SMARTS) is 1. The number of benzene rings is 2. The molecule has 0 amide bonds. The van der Waals surface area contributed by atoms with Crippen molar-refractivity contribution in [2.75, 3.05) is 0 Å². The number of nitrogens with one attached hydrogen (secondary N) is 2. The molecule has 4 aromatic rings. The van der Waals surface area contributed by atoms with Gasteiger partial charge in [-0.1, -0.05) is 48.5 Å². The number of carboxylic acids is 1. The Balaban J connectivity index is 1.72. The van der Waals surface area contributed by atoms with Gasteiger partial charge in [-0.15, -0.1) is 0 Å². The van der Waals surface area contributed by atoms with Gasteiger partial charge in [0.25, 0.3) is 0 Å². The van der Waals surface area contributed by atoms with Crippen LogP contribution in [0.1, 0.15) is 21.7 Å². The van der Waals surface area contributed by atoms with Crippen LogP contribution in [0.15, 0.2) is 54.7 Å². The lowest BCUT2D eigenvalue weighted by atomic mass is 10.1. The first kappa shape index (κ1) is 14.9. The molecule has 2 aromatic carbocycles. The van der Waals surface area contributed by atoms with Crippen LogP contribution >= 0.6 is 0 Å². The van der Waals surface area contributed by atoms with E-state index in [4.69, 9.17) is 5.11 Å². The summed E-state index contributed by atoms with van der Waals surface area (Å²) in [5, 5.41) is 17.4. The lowest BCUT2D eigenvalue weighted by Crippen LogP contribution is -1.95. The topological polar surface area (TPSA) is 94.7 Å². The summed E-state index contributed by atoms with van der Waals surface area (Å²) in [7, 11) is 0. The van der Waals surface area contributed by atoms with E-state index in [9.17, 15) is 4.79 Å². The van der Waals surface area contributed by atoms with Gasteiger partial charge >= 0.3 is 5.97 Å². The largest absolute Gasteiger partial charge is 0.477 e. The predicted octanol–water partition coefficient (Wildman–Crippen LogP) is 3.82. The summed E-state index contributed by atoms with van der Waals surface area (Å²) in [5.41, 5.74) is 3.63. The summed E-state index contributed by atoms with van der Waals surface area (Å²) in [5.74, 6) is -0.515. The molecule has 0 atom stereocenters. The van der Waals surface area contributed by atoms with Crippen LogP contribution in [-0.4, -0.2) is 31.2 Å². The molecule has 122 valence electrons. The molecule has 0 radical (unpaired) electrons. The highest BCUT2D eigenvalue weighted by molar-refractivity contribution is 5.90. The Morgan fingerprint density at radius 1 is 1.04 bits per heavy atom. The van der Waals surface area contributed by atoms with Gasteiger partial charge in [0.1, 0.15) is 11.5 Å². The Labute approximate surface area is 142 Å². The van der Waals surface area contributed by atoms with Crippen molar-refractivity contribution < 1.29 is 9.90 Å². The molecular formula is C19H14N4O2. The van der Waals surface area contributed by atoms with E-state index in [1.54, 1.807) is 0 Å². The summed E-state index contributed by atoms with van der Waals surface area (Å²) < 4.78 is 0. The average molecular weight is 330 g/mol. The third-order valence-corrected chi connectivity index (χ3v) is 3.94. The molecule has 0 saturated carbocycles. The minimum Gasteiger partial charge on any atom is -0.477 e. The molecule has 3 N–H and O–H groups in total. The number of aromatic carboxylic acids is 1. The smallest absolute Gasteiger partial charge is 0.353 e. The molecule has 0 fully saturated rings. The van der Waals surface area contributed by atoms with E-state index in [-0.39, 0.29) is 5.69 Å². The molecular weight excluding hydrogens is 316 g/mol. The molecule has 0 saturated heterocycles. The fourth-order valence-corrected chi connectivity index (χ4v) is 2.71. The zero-order valence-electron chi connectivity index (χ0n) is 13.1. The maximum Gasteiger partial charge on any atom is 0.353 e. The minimum atomic E-state index is -1.03. The van der Waals surface area contributed by atoms with Crippen LogP contribution in [0.25, 0.3) is 34.4 Å². The van der Waals surface area contributed by atoms with Crippen molar-refractivity contribution in [3.05, 3.63) is 71.7 Å². The van der Waals surface area contributed by atoms with Crippen molar-refractivity contribution in [3.63, 3.8) is 0 Å². The van der Waals surface area contributed by atoms with E-state index >= 15 is 0 Å². The Morgan fingerprint density at radius 3 is 2.68 bits per heavy atom. The summed E-state index contributed by atoms with van der Waals surface area (Å²) >= 11 is 0. The molecule has 0 spiro atoms. The van der Waals surface area contributed by atoms with Crippen LogP contribution in [-0.2, 0) is 0 Å². The first-order chi connectivity index (χ1) is 12.2. The number of H-pyrrole nitrogens is 2. The van der Waals surface area contributed by atoms with Crippen LogP contribution in [0.3, 0.4) is 0 Å². The van der Waals surface area contributed by atoms with E-state index in [0.717, 1.165) is 27.7 Å². The fourth-order valence-electron chi connectivity index (χ4n) is 2.71.